The van der Waals surface area contributed by atoms with E-state index in [1.54, 1.807) is 25.4 Å². The smallest absolute Gasteiger partial charge is 0.238 e. The highest BCUT2D eigenvalue weighted by Crippen LogP contribution is 2.05. The zero-order valence-electron chi connectivity index (χ0n) is 11.8. The maximum absolute atomic E-state index is 11.9. The Bertz CT molecular complexity index is 416. The molecule has 1 atom stereocenters. The number of hydrogen-bond acceptors (Lipinski definition) is 5. The number of aliphatic hydroxyl groups excluding tert-OH is 1. The van der Waals surface area contributed by atoms with Crippen LogP contribution in [0.15, 0.2) is 24.5 Å². The highest BCUT2D eigenvalue weighted by molar-refractivity contribution is 5.92. The minimum atomic E-state index is -0.296. The van der Waals surface area contributed by atoms with Crippen LogP contribution in [0, 0.1) is 0 Å². The SMILES string of the molecule is C[C@H](O)CN1CCN(CC(=O)Nc2cccnc2)CC1. The van der Waals surface area contributed by atoms with Crippen molar-refractivity contribution in [3.05, 3.63) is 24.5 Å². The van der Waals surface area contributed by atoms with Crippen LogP contribution in [0.4, 0.5) is 5.69 Å². The highest BCUT2D eigenvalue weighted by Gasteiger charge is 2.19. The molecule has 1 aliphatic heterocycles. The number of aromatic nitrogens is 1. The van der Waals surface area contributed by atoms with Crippen molar-refractivity contribution in [3.63, 3.8) is 0 Å². The second-order valence-corrected chi connectivity index (χ2v) is 5.22. The van der Waals surface area contributed by atoms with Gasteiger partial charge in [-0.25, -0.2) is 0 Å². The minimum absolute atomic E-state index is 0.0121. The molecule has 110 valence electrons. The third-order valence-electron chi connectivity index (χ3n) is 3.30. The largest absolute Gasteiger partial charge is 0.392 e. The van der Waals surface area contributed by atoms with Crippen LogP contribution >= 0.6 is 0 Å². The molecule has 2 heterocycles. The summed E-state index contributed by atoms with van der Waals surface area (Å²) >= 11 is 0. The van der Waals surface area contributed by atoms with E-state index in [1.165, 1.54) is 0 Å². The van der Waals surface area contributed by atoms with Gasteiger partial charge in [-0.05, 0) is 19.1 Å². The van der Waals surface area contributed by atoms with Gasteiger partial charge in [-0.15, -0.1) is 0 Å². The molecule has 1 amide bonds. The van der Waals surface area contributed by atoms with E-state index in [4.69, 9.17) is 0 Å². The molecule has 1 aliphatic rings. The van der Waals surface area contributed by atoms with Crippen LogP contribution in [-0.2, 0) is 4.79 Å². The Hall–Kier alpha value is -1.50. The van der Waals surface area contributed by atoms with E-state index in [-0.39, 0.29) is 12.0 Å². The molecule has 0 bridgehead atoms. The number of β-amino-alcohol motifs (C(OH)–C–C–N with tert-alkyl or cyclic N) is 1. The average molecular weight is 278 g/mol. The van der Waals surface area contributed by atoms with E-state index < -0.39 is 0 Å². The van der Waals surface area contributed by atoms with Crippen molar-refractivity contribution >= 4 is 11.6 Å². The van der Waals surface area contributed by atoms with Gasteiger partial charge in [0.25, 0.3) is 0 Å². The first-order valence-electron chi connectivity index (χ1n) is 6.96. The number of carbonyl (C=O) groups excluding carboxylic acids is 1. The molecule has 0 spiro atoms. The number of nitrogens with zero attached hydrogens (tertiary/aromatic N) is 3. The molecule has 0 aliphatic carbocycles. The van der Waals surface area contributed by atoms with Crippen molar-refractivity contribution in [2.75, 3.05) is 44.6 Å². The van der Waals surface area contributed by atoms with E-state index in [1.807, 2.05) is 6.07 Å². The quantitative estimate of drug-likeness (QED) is 0.794. The molecule has 0 saturated carbocycles. The first-order valence-corrected chi connectivity index (χ1v) is 6.96. The molecule has 20 heavy (non-hydrogen) atoms. The van der Waals surface area contributed by atoms with Gasteiger partial charge in [-0.3, -0.25) is 19.6 Å². The van der Waals surface area contributed by atoms with E-state index in [2.05, 4.69) is 20.1 Å². The molecule has 6 nitrogen and oxygen atoms in total. The zero-order valence-corrected chi connectivity index (χ0v) is 11.8. The summed E-state index contributed by atoms with van der Waals surface area (Å²) in [5, 5.41) is 12.2. The maximum atomic E-state index is 11.9. The topological polar surface area (TPSA) is 68.7 Å². The Balaban J connectivity index is 1.71. The fourth-order valence-electron chi connectivity index (χ4n) is 2.34. The van der Waals surface area contributed by atoms with Crippen LogP contribution in [0.25, 0.3) is 0 Å². The number of pyridine rings is 1. The van der Waals surface area contributed by atoms with Crippen molar-refractivity contribution in [1.82, 2.24) is 14.8 Å². The van der Waals surface area contributed by atoms with E-state index in [0.29, 0.717) is 13.1 Å². The van der Waals surface area contributed by atoms with Gasteiger partial charge in [0.15, 0.2) is 0 Å². The number of aliphatic hydroxyl groups is 1. The standard InChI is InChI=1S/C14H22N4O2/c1-12(19)10-17-5-7-18(8-6-17)11-14(20)16-13-3-2-4-15-9-13/h2-4,9,12,19H,5-8,10-11H2,1H3,(H,16,20)/t12-/m0/s1. The summed E-state index contributed by atoms with van der Waals surface area (Å²) in [6.07, 6.45) is 3.02. The van der Waals surface area contributed by atoms with Crippen molar-refractivity contribution in [2.45, 2.75) is 13.0 Å². The predicted molar refractivity (Wildman–Crippen MR) is 77.4 cm³/mol. The number of anilines is 1. The van der Waals surface area contributed by atoms with Gasteiger partial charge in [-0.2, -0.15) is 0 Å². The number of rotatable bonds is 5. The fraction of sp³-hybridized carbons (Fsp3) is 0.571. The lowest BCUT2D eigenvalue weighted by Crippen LogP contribution is -2.50. The fourth-order valence-corrected chi connectivity index (χ4v) is 2.34. The first kappa shape index (κ1) is 14.9. The van der Waals surface area contributed by atoms with Gasteiger partial charge < -0.3 is 10.4 Å². The molecule has 0 aromatic carbocycles. The Morgan fingerprint density at radius 3 is 2.70 bits per heavy atom. The van der Waals surface area contributed by atoms with Gasteiger partial charge in [0.05, 0.1) is 24.5 Å². The van der Waals surface area contributed by atoms with Gasteiger partial charge in [0.2, 0.25) is 5.91 Å². The minimum Gasteiger partial charge on any atom is -0.392 e. The third-order valence-corrected chi connectivity index (χ3v) is 3.30. The summed E-state index contributed by atoms with van der Waals surface area (Å²) in [4.78, 5) is 20.2. The molecule has 1 fully saturated rings. The molecule has 6 heteroatoms. The van der Waals surface area contributed by atoms with Crippen molar-refractivity contribution in [1.29, 1.82) is 0 Å². The molecule has 1 aromatic rings. The van der Waals surface area contributed by atoms with Gasteiger partial charge in [-0.1, -0.05) is 0 Å². The Morgan fingerprint density at radius 1 is 1.40 bits per heavy atom. The molecule has 0 radical (unpaired) electrons. The number of carbonyl (C=O) groups is 1. The summed E-state index contributed by atoms with van der Waals surface area (Å²) < 4.78 is 0. The Morgan fingerprint density at radius 2 is 2.10 bits per heavy atom. The summed E-state index contributed by atoms with van der Waals surface area (Å²) in [6, 6.07) is 3.62. The monoisotopic (exact) mass is 278 g/mol. The molecule has 1 saturated heterocycles. The van der Waals surface area contributed by atoms with Crippen LogP contribution in [-0.4, -0.2) is 71.2 Å². The molecular formula is C14H22N4O2. The Labute approximate surface area is 119 Å². The molecule has 1 aromatic heterocycles. The lowest BCUT2D eigenvalue weighted by atomic mass is 10.2. The number of amides is 1. The van der Waals surface area contributed by atoms with Crippen LogP contribution in [0.3, 0.4) is 0 Å². The number of hydrogen-bond donors (Lipinski definition) is 2. The van der Waals surface area contributed by atoms with Crippen molar-refractivity contribution in [3.8, 4) is 0 Å². The van der Waals surface area contributed by atoms with E-state index in [0.717, 1.165) is 31.9 Å². The van der Waals surface area contributed by atoms with Crippen LogP contribution < -0.4 is 5.32 Å². The summed E-state index contributed by atoms with van der Waals surface area (Å²) in [6.45, 7) is 6.40. The lowest BCUT2D eigenvalue weighted by molar-refractivity contribution is -0.117. The maximum Gasteiger partial charge on any atom is 0.238 e. The molecular weight excluding hydrogens is 256 g/mol. The van der Waals surface area contributed by atoms with Gasteiger partial charge in [0, 0.05) is 38.9 Å². The van der Waals surface area contributed by atoms with E-state index in [9.17, 15) is 9.90 Å². The highest BCUT2D eigenvalue weighted by atomic mass is 16.3. The van der Waals surface area contributed by atoms with Crippen molar-refractivity contribution < 1.29 is 9.90 Å². The summed E-state index contributed by atoms with van der Waals surface area (Å²) in [5.41, 5.74) is 0.727. The van der Waals surface area contributed by atoms with Gasteiger partial charge >= 0.3 is 0 Å². The molecule has 0 unspecified atom stereocenters. The second kappa shape index (κ2) is 7.33. The average Bonchev–Trinajstić information content (AvgIpc) is 2.41. The molecule has 2 rings (SSSR count). The predicted octanol–water partition coefficient (Wildman–Crippen LogP) is 0.0185. The number of piperazine rings is 1. The van der Waals surface area contributed by atoms with Gasteiger partial charge in [0.1, 0.15) is 0 Å². The third kappa shape index (κ3) is 4.88. The zero-order chi connectivity index (χ0) is 14.4. The first-order chi connectivity index (χ1) is 9.63. The van der Waals surface area contributed by atoms with Crippen molar-refractivity contribution in [2.24, 2.45) is 0 Å². The Kier molecular flexibility index (Phi) is 5.46. The summed E-state index contributed by atoms with van der Waals surface area (Å²) in [7, 11) is 0. The van der Waals surface area contributed by atoms with E-state index >= 15 is 0 Å². The van der Waals surface area contributed by atoms with Crippen LogP contribution in [0.2, 0.25) is 0 Å². The van der Waals surface area contributed by atoms with Crippen LogP contribution in [0.5, 0.6) is 0 Å². The second-order valence-electron chi connectivity index (χ2n) is 5.22. The van der Waals surface area contributed by atoms with Crippen LogP contribution in [0.1, 0.15) is 6.92 Å². The lowest BCUT2D eigenvalue weighted by Gasteiger charge is -2.34. The normalized spacial score (nSPS) is 18.7. The summed E-state index contributed by atoms with van der Waals surface area (Å²) in [5.74, 6) is -0.0121. The molecule has 2 N–H and O–H groups in total. The number of nitrogens with one attached hydrogen (secondary N) is 1.